The number of hydrogen-bond donors (Lipinski definition) is 1. The van der Waals surface area contributed by atoms with Crippen molar-refractivity contribution < 1.29 is 4.74 Å². The second-order valence-electron chi connectivity index (χ2n) is 4.85. The van der Waals surface area contributed by atoms with E-state index >= 15 is 0 Å². The Morgan fingerprint density at radius 3 is 2.67 bits per heavy atom. The number of ether oxygens (including phenoxy) is 1. The topological polar surface area (TPSA) is 45.0 Å². The lowest BCUT2D eigenvalue weighted by Gasteiger charge is -2.27. The average molecular weight is 244 g/mol. The van der Waals surface area contributed by atoms with Crippen molar-refractivity contribution in [2.45, 2.75) is 38.1 Å². The number of methoxy groups -OCH3 is 1. The minimum absolute atomic E-state index is 0.110. The molecular formula is C15H20N2O. The third-order valence-corrected chi connectivity index (χ3v) is 3.68. The number of nitrogens with one attached hydrogen (secondary N) is 1. The maximum atomic E-state index is 9.35. The molecule has 1 fully saturated rings. The van der Waals surface area contributed by atoms with Gasteiger partial charge in [-0.05, 0) is 30.9 Å². The molecule has 1 aliphatic rings. The van der Waals surface area contributed by atoms with Gasteiger partial charge in [0.2, 0.25) is 0 Å². The molecule has 0 aliphatic heterocycles. The molecule has 1 aromatic carbocycles. The van der Waals surface area contributed by atoms with Gasteiger partial charge in [0.15, 0.2) is 0 Å². The van der Waals surface area contributed by atoms with Crippen LogP contribution in [0.3, 0.4) is 0 Å². The Morgan fingerprint density at radius 2 is 2.00 bits per heavy atom. The van der Waals surface area contributed by atoms with Gasteiger partial charge in [0.25, 0.3) is 0 Å². The molecule has 0 aromatic heterocycles. The smallest absolute Gasteiger partial charge is 0.141 e. The lowest BCUT2D eigenvalue weighted by atomic mass is 9.84. The molecule has 0 bridgehead atoms. The molecule has 1 aliphatic carbocycles. The van der Waals surface area contributed by atoms with Gasteiger partial charge in [0.1, 0.15) is 11.8 Å². The SMILES string of the molecule is COc1ccccc1NC(C#N)C1CCCCC1. The van der Waals surface area contributed by atoms with Crippen molar-refractivity contribution in [1.82, 2.24) is 0 Å². The summed E-state index contributed by atoms with van der Waals surface area (Å²) in [6.07, 6.45) is 6.11. The molecule has 18 heavy (non-hydrogen) atoms. The fraction of sp³-hybridized carbons (Fsp3) is 0.533. The molecule has 1 N–H and O–H groups in total. The normalized spacial score (nSPS) is 17.8. The van der Waals surface area contributed by atoms with E-state index in [4.69, 9.17) is 4.74 Å². The van der Waals surface area contributed by atoms with E-state index < -0.39 is 0 Å². The zero-order chi connectivity index (χ0) is 12.8. The summed E-state index contributed by atoms with van der Waals surface area (Å²) >= 11 is 0. The van der Waals surface area contributed by atoms with Gasteiger partial charge >= 0.3 is 0 Å². The van der Waals surface area contributed by atoms with Crippen LogP contribution in [0.2, 0.25) is 0 Å². The van der Waals surface area contributed by atoms with E-state index in [1.165, 1.54) is 19.3 Å². The molecule has 3 heteroatoms. The molecule has 0 spiro atoms. The van der Waals surface area contributed by atoms with Gasteiger partial charge in [0.05, 0.1) is 18.9 Å². The van der Waals surface area contributed by atoms with Crippen molar-refractivity contribution in [3.8, 4) is 11.8 Å². The van der Waals surface area contributed by atoms with Gasteiger partial charge < -0.3 is 10.1 Å². The monoisotopic (exact) mass is 244 g/mol. The second-order valence-corrected chi connectivity index (χ2v) is 4.85. The molecule has 1 unspecified atom stereocenters. The van der Waals surface area contributed by atoms with Crippen LogP contribution in [-0.4, -0.2) is 13.2 Å². The Hall–Kier alpha value is -1.69. The highest BCUT2D eigenvalue weighted by Crippen LogP contribution is 2.30. The van der Waals surface area contributed by atoms with E-state index in [0.29, 0.717) is 5.92 Å². The Bertz CT molecular complexity index is 419. The van der Waals surface area contributed by atoms with Crippen LogP contribution in [0, 0.1) is 17.2 Å². The first-order chi connectivity index (χ1) is 8.85. The quantitative estimate of drug-likeness (QED) is 0.880. The molecule has 2 rings (SSSR count). The number of para-hydroxylation sites is 2. The van der Waals surface area contributed by atoms with E-state index in [9.17, 15) is 5.26 Å². The number of rotatable bonds is 4. The van der Waals surface area contributed by atoms with Crippen LogP contribution in [0.1, 0.15) is 32.1 Å². The summed E-state index contributed by atoms with van der Waals surface area (Å²) in [6, 6.07) is 10.1. The van der Waals surface area contributed by atoms with Gasteiger partial charge in [-0.1, -0.05) is 31.4 Å². The lowest BCUT2D eigenvalue weighted by Crippen LogP contribution is -2.29. The predicted molar refractivity (Wildman–Crippen MR) is 72.6 cm³/mol. The first kappa shape index (κ1) is 12.8. The molecule has 0 amide bonds. The summed E-state index contributed by atoms with van der Waals surface area (Å²) in [6.45, 7) is 0. The van der Waals surface area contributed by atoms with E-state index in [2.05, 4.69) is 11.4 Å². The number of nitrogens with zero attached hydrogens (tertiary/aromatic N) is 1. The maximum Gasteiger partial charge on any atom is 0.141 e. The van der Waals surface area contributed by atoms with Gasteiger partial charge in [-0.3, -0.25) is 0 Å². The van der Waals surface area contributed by atoms with Crippen molar-refractivity contribution in [2.75, 3.05) is 12.4 Å². The third kappa shape index (κ3) is 2.95. The van der Waals surface area contributed by atoms with Gasteiger partial charge in [0, 0.05) is 0 Å². The number of anilines is 1. The van der Waals surface area contributed by atoms with Crippen LogP contribution in [-0.2, 0) is 0 Å². The Balaban J connectivity index is 2.07. The minimum Gasteiger partial charge on any atom is -0.495 e. The summed E-state index contributed by atoms with van der Waals surface area (Å²) < 4.78 is 5.31. The number of benzene rings is 1. The molecule has 0 radical (unpaired) electrons. The van der Waals surface area contributed by atoms with Crippen molar-refractivity contribution in [3.63, 3.8) is 0 Å². The number of nitriles is 1. The summed E-state index contributed by atoms with van der Waals surface area (Å²) in [7, 11) is 1.66. The van der Waals surface area contributed by atoms with Crippen LogP contribution in [0.5, 0.6) is 5.75 Å². The highest BCUT2D eigenvalue weighted by molar-refractivity contribution is 5.57. The highest BCUT2D eigenvalue weighted by atomic mass is 16.5. The summed E-state index contributed by atoms with van der Waals surface area (Å²) in [5, 5.41) is 12.7. The van der Waals surface area contributed by atoms with E-state index in [0.717, 1.165) is 24.3 Å². The van der Waals surface area contributed by atoms with Crippen LogP contribution in [0.4, 0.5) is 5.69 Å². The van der Waals surface area contributed by atoms with Crippen LogP contribution in [0.25, 0.3) is 0 Å². The van der Waals surface area contributed by atoms with E-state index in [-0.39, 0.29) is 6.04 Å². The summed E-state index contributed by atoms with van der Waals surface area (Å²) in [5.41, 5.74) is 0.914. The van der Waals surface area contributed by atoms with Gasteiger partial charge in [-0.25, -0.2) is 0 Å². The van der Waals surface area contributed by atoms with Gasteiger partial charge in [-0.2, -0.15) is 5.26 Å². The van der Waals surface area contributed by atoms with Crippen molar-refractivity contribution in [2.24, 2.45) is 5.92 Å². The number of hydrogen-bond acceptors (Lipinski definition) is 3. The van der Waals surface area contributed by atoms with E-state index in [1.54, 1.807) is 7.11 Å². The predicted octanol–water partition coefficient (Wildman–Crippen LogP) is 3.58. The average Bonchev–Trinajstić information content (AvgIpc) is 2.46. The second kappa shape index (κ2) is 6.30. The maximum absolute atomic E-state index is 9.35. The first-order valence-electron chi connectivity index (χ1n) is 6.64. The Kier molecular flexibility index (Phi) is 4.46. The Labute approximate surface area is 109 Å². The van der Waals surface area contributed by atoms with E-state index in [1.807, 2.05) is 24.3 Å². The van der Waals surface area contributed by atoms with Gasteiger partial charge in [-0.15, -0.1) is 0 Å². The standard InChI is InChI=1S/C15H20N2O/c1-18-15-10-6-5-9-13(15)17-14(11-16)12-7-3-2-4-8-12/h5-6,9-10,12,14,17H,2-4,7-8H2,1H3. The zero-order valence-electron chi connectivity index (χ0n) is 10.9. The van der Waals surface area contributed by atoms with Crippen molar-refractivity contribution in [3.05, 3.63) is 24.3 Å². The molecule has 3 nitrogen and oxygen atoms in total. The fourth-order valence-corrected chi connectivity index (χ4v) is 2.65. The van der Waals surface area contributed by atoms with Crippen molar-refractivity contribution in [1.29, 1.82) is 5.26 Å². The molecule has 0 saturated heterocycles. The zero-order valence-corrected chi connectivity index (χ0v) is 10.9. The molecule has 1 atom stereocenters. The molecule has 96 valence electrons. The largest absolute Gasteiger partial charge is 0.495 e. The minimum atomic E-state index is -0.110. The summed E-state index contributed by atoms with van der Waals surface area (Å²) in [5.74, 6) is 1.27. The van der Waals surface area contributed by atoms with Crippen LogP contribution in [0.15, 0.2) is 24.3 Å². The molecular weight excluding hydrogens is 224 g/mol. The molecule has 0 heterocycles. The highest BCUT2D eigenvalue weighted by Gasteiger charge is 2.23. The third-order valence-electron chi connectivity index (χ3n) is 3.68. The Morgan fingerprint density at radius 1 is 1.28 bits per heavy atom. The van der Waals surface area contributed by atoms with Crippen molar-refractivity contribution >= 4 is 5.69 Å². The van der Waals surface area contributed by atoms with Crippen LogP contribution < -0.4 is 10.1 Å². The lowest BCUT2D eigenvalue weighted by molar-refractivity contribution is 0.345. The van der Waals surface area contributed by atoms with Crippen LogP contribution >= 0.6 is 0 Å². The first-order valence-corrected chi connectivity index (χ1v) is 6.64. The fourth-order valence-electron chi connectivity index (χ4n) is 2.65. The molecule has 1 saturated carbocycles. The summed E-state index contributed by atoms with van der Waals surface area (Å²) in [4.78, 5) is 0. The molecule has 1 aromatic rings.